The second-order valence-electron chi connectivity index (χ2n) is 5.72. The van der Waals surface area contributed by atoms with Crippen LogP contribution in [0.25, 0.3) is 11.5 Å². The molecule has 1 aromatic heterocycles. The molecule has 0 atom stereocenters. The van der Waals surface area contributed by atoms with Gasteiger partial charge in [-0.3, -0.25) is 0 Å². The molecule has 1 saturated carbocycles. The SMILES string of the molecule is Brc1ccc(C2(c3nnc(-c4ccccc4)o3)CCC2)cc1. The quantitative estimate of drug-likeness (QED) is 0.666. The van der Waals surface area contributed by atoms with Gasteiger partial charge >= 0.3 is 0 Å². The molecule has 1 fully saturated rings. The van der Waals surface area contributed by atoms with Gasteiger partial charge in [0.15, 0.2) is 0 Å². The minimum absolute atomic E-state index is 0.110. The van der Waals surface area contributed by atoms with Crippen LogP contribution in [0.15, 0.2) is 63.5 Å². The summed E-state index contributed by atoms with van der Waals surface area (Å²) in [5, 5.41) is 8.61. The Balaban J connectivity index is 1.74. The molecule has 1 heterocycles. The highest BCUT2D eigenvalue weighted by molar-refractivity contribution is 9.10. The summed E-state index contributed by atoms with van der Waals surface area (Å²) in [7, 11) is 0. The molecular weight excluding hydrogens is 340 g/mol. The second kappa shape index (κ2) is 5.36. The van der Waals surface area contributed by atoms with Crippen molar-refractivity contribution in [1.29, 1.82) is 0 Å². The van der Waals surface area contributed by atoms with Gasteiger partial charge in [0.05, 0.1) is 5.41 Å². The predicted octanol–water partition coefficient (Wildman–Crippen LogP) is 4.97. The summed E-state index contributed by atoms with van der Waals surface area (Å²) in [5.41, 5.74) is 2.11. The Morgan fingerprint density at radius 1 is 0.909 bits per heavy atom. The van der Waals surface area contributed by atoms with Crippen molar-refractivity contribution in [1.82, 2.24) is 10.2 Å². The maximum Gasteiger partial charge on any atom is 0.247 e. The lowest BCUT2D eigenvalue weighted by Gasteiger charge is -2.39. The van der Waals surface area contributed by atoms with Crippen LogP contribution in [-0.2, 0) is 5.41 Å². The van der Waals surface area contributed by atoms with Gasteiger partial charge in [0.2, 0.25) is 11.8 Å². The van der Waals surface area contributed by atoms with Gasteiger partial charge in [0.25, 0.3) is 0 Å². The Bertz CT molecular complexity index is 776. The molecule has 0 bridgehead atoms. The van der Waals surface area contributed by atoms with Crippen molar-refractivity contribution in [3.8, 4) is 11.5 Å². The van der Waals surface area contributed by atoms with Crippen LogP contribution in [0, 0.1) is 0 Å². The fourth-order valence-corrected chi connectivity index (χ4v) is 3.30. The number of halogens is 1. The number of hydrogen-bond donors (Lipinski definition) is 0. The van der Waals surface area contributed by atoms with Crippen LogP contribution in [0.4, 0.5) is 0 Å². The molecule has 0 unspecified atom stereocenters. The van der Waals surface area contributed by atoms with Gasteiger partial charge < -0.3 is 4.42 Å². The fourth-order valence-electron chi connectivity index (χ4n) is 3.04. The van der Waals surface area contributed by atoms with Crippen LogP contribution < -0.4 is 0 Å². The number of benzene rings is 2. The molecule has 0 aliphatic heterocycles. The van der Waals surface area contributed by atoms with Crippen LogP contribution in [-0.4, -0.2) is 10.2 Å². The average molecular weight is 355 g/mol. The summed E-state index contributed by atoms with van der Waals surface area (Å²) < 4.78 is 7.11. The van der Waals surface area contributed by atoms with Gasteiger partial charge in [-0.25, -0.2) is 0 Å². The lowest BCUT2D eigenvalue weighted by atomic mass is 9.64. The number of aromatic nitrogens is 2. The molecular formula is C18H15BrN2O. The Morgan fingerprint density at radius 3 is 2.27 bits per heavy atom. The van der Waals surface area contributed by atoms with E-state index in [2.05, 4.69) is 50.4 Å². The van der Waals surface area contributed by atoms with E-state index >= 15 is 0 Å². The first-order valence-electron chi connectivity index (χ1n) is 7.43. The van der Waals surface area contributed by atoms with Crippen molar-refractivity contribution in [3.05, 3.63) is 70.5 Å². The molecule has 4 heteroatoms. The third kappa shape index (κ3) is 2.18. The molecule has 2 aromatic carbocycles. The highest BCUT2D eigenvalue weighted by atomic mass is 79.9. The zero-order valence-electron chi connectivity index (χ0n) is 12.0. The molecule has 1 aliphatic rings. The van der Waals surface area contributed by atoms with Crippen LogP contribution in [0.3, 0.4) is 0 Å². The van der Waals surface area contributed by atoms with Crippen LogP contribution in [0.5, 0.6) is 0 Å². The third-order valence-electron chi connectivity index (χ3n) is 4.46. The van der Waals surface area contributed by atoms with E-state index in [1.807, 2.05) is 30.3 Å². The largest absolute Gasteiger partial charge is 0.420 e. The van der Waals surface area contributed by atoms with Crippen molar-refractivity contribution in [2.45, 2.75) is 24.7 Å². The molecule has 22 heavy (non-hydrogen) atoms. The van der Waals surface area contributed by atoms with E-state index in [0.717, 1.165) is 28.8 Å². The number of nitrogens with zero attached hydrogens (tertiary/aromatic N) is 2. The zero-order valence-corrected chi connectivity index (χ0v) is 13.6. The van der Waals surface area contributed by atoms with Crippen molar-refractivity contribution >= 4 is 15.9 Å². The van der Waals surface area contributed by atoms with Crippen LogP contribution >= 0.6 is 15.9 Å². The van der Waals surface area contributed by atoms with E-state index < -0.39 is 0 Å². The summed E-state index contributed by atoms with van der Waals surface area (Å²) in [5.74, 6) is 1.33. The van der Waals surface area contributed by atoms with Gasteiger partial charge in [0, 0.05) is 10.0 Å². The lowest BCUT2D eigenvalue weighted by Crippen LogP contribution is -2.35. The summed E-state index contributed by atoms with van der Waals surface area (Å²) in [6.45, 7) is 0. The monoisotopic (exact) mass is 354 g/mol. The van der Waals surface area contributed by atoms with Crippen LogP contribution in [0.2, 0.25) is 0 Å². The molecule has 3 nitrogen and oxygen atoms in total. The minimum Gasteiger partial charge on any atom is -0.420 e. The van der Waals surface area contributed by atoms with E-state index in [4.69, 9.17) is 4.42 Å². The highest BCUT2D eigenvalue weighted by Crippen LogP contribution is 2.48. The molecule has 0 spiro atoms. The lowest BCUT2D eigenvalue weighted by molar-refractivity contribution is 0.241. The Kier molecular flexibility index (Phi) is 3.34. The van der Waals surface area contributed by atoms with E-state index in [1.165, 1.54) is 12.0 Å². The first-order valence-corrected chi connectivity index (χ1v) is 8.23. The summed E-state index contributed by atoms with van der Waals surface area (Å²) >= 11 is 3.49. The Morgan fingerprint density at radius 2 is 1.64 bits per heavy atom. The van der Waals surface area contributed by atoms with Crippen molar-refractivity contribution in [3.63, 3.8) is 0 Å². The van der Waals surface area contributed by atoms with Crippen molar-refractivity contribution in [2.75, 3.05) is 0 Å². The third-order valence-corrected chi connectivity index (χ3v) is 4.99. The summed E-state index contributed by atoms with van der Waals surface area (Å²) in [4.78, 5) is 0. The molecule has 0 saturated heterocycles. The predicted molar refractivity (Wildman–Crippen MR) is 88.5 cm³/mol. The molecule has 1 aliphatic carbocycles. The summed E-state index contributed by atoms with van der Waals surface area (Å²) in [6, 6.07) is 18.4. The normalized spacial score (nSPS) is 16.2. The van der Waals surface area contributed by atoms with E-state index in [0.29, 0.717) is 5.89 Å². The molecule has 110 valence electrons. The van der Waals surface area contributed by atoms with Crippen LogP contribution in [0.1, 0.15) is 30.7 Å². The first-order chi connectivity index (χ1) is 10.8. The van der Waals surface area contributed by atoms with E-state index in [9.17, 15) is 0 Å². The van der Waals surface area contributed by atoms with Gasteiger partial charge in [-0.15, -0.1) is 10.2 Å². The zero-order chi connectivity index (χ0) is 15.0. The molecule has 3 aromatic rings. The smallest absolute Gasteiger partial charge is 0.247 e. The van der Waals surface area contributed by atoms with Gasteiger partial charge in [-0.1, -0.05) is 52.7 Å². The molecule has 0 amide bonds. The summed E-state index contributed by atoms with van der Waals surface area (Å²) in [6.07, 6.45) is 3.31. The minimum atomic E-state index is -0.110. The van der Waals surface area contributed by atoms with E-state index in [1.54, 1.807) is 0 Å². The molecule has 0 radical (unpaired) electrons. The first kappa shape index (κ1) is 13.7. The maximum atomic E-state index is 6.03. The van der Waals surface area contributed by atoms with Crippen molar-refractivity contribution in [2.24, 2.45) is 0 Å². The highest BCUT2D eigenvalue weighted by Gasteiger charge is 2.45. The van der Waals surface area contributed by atoms with Crippen molar-refractivity contribution < 1.29 is 4.42 Å². The Hall–Kier alpha value is -1.94. The average Bonchev–Trinajstić information content (AvgIpc) is 2.99. The van der Waals surface area contributed by atoms with E-state index in [-0.39, 0.29) is 5.41 Å². The molecule has 0 N–H and O–H groups in total. The fraction of sp³-hybridized carbons (Fsp3) is 0.222. The van der Waals surface area contributed by atoms with Gasteiger partial charge in [-0.2, -0.15) is 0 Å². The molecule has 4 rings (SSSR count). The number of rotatable bonds is 3. The van der Waals surface area contributed by atoms with Gasteiger partial charge in [0.1, 0.15) is 0 Å². The second-order valence-corrected chi connectivity index (χ2v) is 6.64. The maximum absolute atomic E-state index is 6.03. The topological polar surface area (TPSA) is 38.9 Å². The number of hydrogen-bond acceptors (Lipinski definition) is 3. The Labute approximate surface area is 137 Å². The standard InChI is InChI=1S/C18H15BrN2O/c19-15-9-7-14(8-10-15)18(11-4-12-18)17-21-20-16(22-17)13-5-2-1-3-6-13/h1-3,5-10H,4,11-12H2. The van der Waals surface area contributed by atoms with Gasteiger partial charge in [-0.05, 0) is 42.7 Å².